The van der Waals surface area contributed by atoms with Crippen LogP contribution in [0.2, 0.25) is 0 Å². The number of benzene rings is 2. The maximum Gasteiger partial charge on any atom is 0.409 e. The summed E-state index contributed by atoms with van der Waals surface area (Å²) in [7, 11) is 1.68. The molecule has 0 spiro atoms. The highest BCUT2D eigenvalue weighted by Gasteiger charge is 2.28. The van der Waals surface area contributed by atoms with Crippen molar-refractivity contribution in [3.05, 3.63) is 65.4 Å². The maximum absolute atomic E-state index is 12.7. The smallest absolute Gasteiger partial charge is 0.409 e. The second-order valence-electron chi connectivity index (χ2n) is 8.77. The monoisotopic (exact) mass is 467 g/mol. The van der Waals surface area contributed by atoms with E-state index in [0.29, 0.717) is 24.4 Å². The fourth-order valence-corrected chi connectivity index (χ4v) is 3.33. The van der Waals surface area contributed by atoms with Gasteiger partial charge in [-0.3, -0.25) is 9.89 Å². The summed E-state index contributed by atoms with van der Waals surface area (Å²) in [5, 5.41) is 11.2. The number of fused-ring (bicyclic) bond motifs is 1. The molecule has 1 heterocycles. The van der Waals surface area contributed by atoms with E-state index in [1.807, 2.05) is 55.5 Å². The third-order valence-corrected chi connectivity index (χ3v) is 5.47. The molecule has 34 heavy (non-hydrogen) atoms. The number of amides is 2. The predicted octanol–water partition coefficient (Wildman–Crippen LogP) is 3.26. The number of nitrogens with two attached hydrogens (primary N) is 1. The van der Waals surface area contributed by atoms with Crippen molar-refractivity contribution >= 4 is 22.9 Å². The third-order valence-electron chi connectivity index (χ3n) is 5.47. The molecule has 2 aromatic carbocycles. The van der Waals surface area contributed by atoms with Crippen LogP contribution in [0, 0.1) is 0 Å². The van der Waals surface area contributed by atoms with E-state index >= 15 is 0 Å². The summed E-state index contributed by atoms with van der Waals surface area (Å²) in [5.74, 6) is -0.322. The highest BCUT2D eigenvalue weighted by Crippen LogP contribution is 2.27. The van der Waals surface area contributed by atoms with Crippen LogP contribution in [0.1, 0.15) is 43.6 Å². The van der Waals surface area contributed by atoms with E-state index < -0.39 is 17.7 Å². The molecule has 3 rings (SSSR count). The molecule has 0 radical (unpaired) electrons. The van der Waals surface area contributed by atoms with E-state index in [2.05, 4.69) is 15.5 Å². The summed E-state index contributed by atoms with van der Waals surface area (Å²) in [6, 6.07) is 14.8. The average Bonchev–Trinajstić information content (AvgIpc) is 3.26. The highest BCUT2D eigenvalue weighted by atomic mass is 16.6. The number of carbonyl (C=O) groups excluding carboxylic acids is 2. The Morgan fingerprint density at radius 1 is 1.15 bits per heavy atom. The lowest BCUT2D eigenvalue weighted by molar-refractivity contribution is -0.126. The molecule has 9 nitrogen and oxygen atoms in total. The van der Waals surface area contributed by atoms with Gasteiger partial charge in [0.2, 0.25) is 5.91 Å². The van der Waals surface area contributed by atoms with Gasteiger partial charge in [-0.15, -0.1) is 0 Å². The van der Waals surface area contributed by atoms with Crippen molar-refractivity contribution in [3.8, 4) is 0 Å². The van der Waals surface area contributed by atoms with Crippen LogP contribution in [0.25, 0.3) is 10.9 Å². The van der Waals surface area contributed by atoms with Gasteiger partial charge < -0.3 is 25.4 Å². The molecule has 4 N–H and O–H groups in total. The van der Waals surface area contributed by atoms with Gasteiger partial charge >= 0.3 is 6.09 Å². The summed E-state index contributed by atoms with van der Waals surface area (Å²) in [4.78, 5) is 26.4. The number of hydrogen-bond acceptors (Lipinski definition) is 6. The Kier molecular flexibility index (Phi) is 8.25. The molecule has 0 saturated heterocycles. The molecular weight excluding hydrogens is 434 g/mol. The second-order valence-corrected chi connectivity index (χ2v) is 8.77. The first kappa shape index (κ1) is 25.2. The minimum Gasteiger partial charge on any atom is -0.445 e. The van der Waals surface area contributed by atoms with Gasteiger partial charge in [0.25, 0.3) is 0 Å². The minimum absolute atomic E-state index is 0.0704. The van der Waals surface area contributed by atoms with Gasteiger partial charge in [-0.25, -0.2) is 4.79 Å². The largest absolute Gasteiger partial charge is 0.445 e. The molecular formula is C25H33N5O4. The van der Waals surface area contributed by atoms with E-state index in [-0.39, 0.29) is 19.1 Å². The molecule has 1 atom stereocenters. The lowest BCUT2D eigenvalue weighted by Gasteiger charge is -2.24. The summed E-state index contributed by atoms with van der Waals surface area (Å²) in [6.45, 7) is 6.36. The van der Waals surface area contributed by atoms with Gasteiger partial charge in [-0.05, 0) is 32.4 Å². The third kappa shape index (κ3) is 6.33. The number of ether oxygens (including phenoxy) is 2. The van der Waals surface area contributed by atoms with Crippen LogP contribution in [0.15, 0.2) is 48.5 Å². The van der Waals surface area contributed by atoms with Crippen molar-refractivity contribution < 1.29 is 19.1 Å². The number of aromatic amines is 1. The van der Waals surface area contributed by atoms with Crippen molar-refractivity contribution in [2.24, 2.45) is 5.73 Å². The molecule has 0 aliphatic rings. The zero-order valence-corrected chi connectivity index (χ0v) is 20.1. The Balaban J connectivity index is 1.87. The number of aromatic nitrogens is 2. The van der Waals surface area contributed by atoms with Crippen LogP contribution in [0.3, 0.4) is 0 Å². The summed E-state index contributed by atoms with van der Waals surface area (Å²) in [6.07, 6.45) is -0.412. The lowest BCUT2D eigenvalue weighted by atomic mass is 10.0. The van der Waals surface area contributed by atoms with Gasteiger partial charge in [0, 0.05) is 24.5 Å². The van der Waals surface area contributed by atoms with Crippen LogP contribution in [-0.2, 0) is 27.5 Å². The Labute approximate surface area is 199 Å². The quantitative estimate of drug-likeness (QED) is 0.421. The Morgan fingerprint density at radius 3 is 2.56 bits per heavy atom. The zero-order chi connectivity index (χ0) is 24.7. The maximum atomic E-state index is 12.7. The Morgan fingerprint density at radius 2 is 1.88 bits per heavy atom. The first-order valence-corrected chi connectivity index (χ1v) is 11.3. The number of rotatable bonds is 10. The number of nitrogens with zero attached hydrogens (tertiary/aromatic N) is 2. The summed E-state index contributed by atoms with van der Waals surface area (Å²) in [5.41, 5.74) is 8.10. The van der Waals surface area contributed by atoms with E-state index in [1.165, 1.54) is 4.90 Å². The van der Waals surface area contributed by atoms with E-state index in [9.17, 15) is 9.59 Å². The molecule has 0 fully saturated rings. The summed E-state index contributed by atoms with van der Waals surface area (Å²) >= 11 is 0. The molecule has 0 bridgehead atoms. The Bertz CT molecular complexity index is 1110. The van der Waals surface area contributed by atoms with Crippen molar-refractivity contribution in [1.29, 1.82) is 0 Å². The van der Waals surface area contributed by atoms with Gasteiger partial charge in [-0.1, -0.05) is 42.5 Å². The van der Waals surface area contributed by atoms with Crippen molar-refractivity contribution in [2.75, 3.05) is 20.2 Å². The van der Waals surface area contributed by atoms with E-state index in [1.54, 1.807) is 20.9 Å². The van der Waals surface area contributed by atoms with E-state index in [4.69, 9.17) is 15.2 Å². The predicted molar refractivity (Wildman–Crippen MR) is 130 cm³/mol. The standard InChI is InChI=1S/C25H33N5O4/c1-5-30(4)24(32)34-15-18-12-9-13-19-21(18)22(29-28-19)20(27-23(31)25(2,3)26)16-33-14-17-10-7-6-8-11-17/h6-13,20H,5,14-16,26H2,1-4H3,(H,27,31)(H,28,29)/t20-/m1/s1. The molecule has 1 aromatic heterocycles. The van der Waals surface area contributed by atoms with Gasteiger partial charge in [0.15, 0.2) is 0 Å². The van der Waals surface area contributed by atoms with Crippen LogP contribution < -0.4 is 11.1 Å². The fraction of sp³-hybridized carbons (Fsp3) is 0.400. The zero-order valence-electron chi connectivity index (χ0n) is 20.1. The van der Waals surface area contributed by atoms with Gasteiger partial charge in [-0.2, -0.15) is 5.10 Å². The van der Waals surface area contributed by atoms with Crippen LogP contribution in [0.4, 0.5) is 4.79 Å². The first-order valence-electron chi connectivity index (χ1n) is 11.3. The Hall–Kier alpha value is -3.43. The topological polar surface area (TPSA) is 123 Å². The van der Waals surface area contributed by atoms with Gasteiger partial charge in [0.05, 0.1) is 36.0 Å². The van der Waals surface area contributed by atoms with Crippen molar-refractivity contribution in [3.63, 3.8) is 0 Å². The minimum atomic E-state index is -1.07. The van der Waals surface area contributed by atoms with Crippen molar-refractivity contribution in [1.82, 2.24) is 20.4 Å². The number of carbonyl (C=O) groups is 2. The normalized spacial score (nSPS) is 12.4. The fourth-order valence-electron chi connectivity index (χ4n) is 3.33. The van der Waals surface area contributed by atoms with Gasteiger partial charge in [0.1, 0.15) is 6.61 Å². The van der Waals surface area contributed by atoms with E-state index in [0.717, 1.165) is 16.5 Å². The number of nitrogens with one attached hydrogen (secondary N) is 2. The molecule has 0 aliphatic carbocycles. The lowest BCUT2D eigenvalue weighted by Crippen LogP contribution is -2.50. The molecule has 182 valence electrons. The second kappa shape index (κ2) is 11.1. The molecule has 3 aromatic rings. The van der Waals surface area contributed by atoms with Crippen LogP contribution in [-0.4, -0.2) is 52.8 Å². The summed E-state index contributed by atoms with van der Waals surface area (Å²) < 4.78 is 11.4. The molecule has 0 saturated carbocycles. The number of H-pyrrole nitrogens is 1. The molecule has 2 amide bonds. The molecule has 0 aliphatic heterocycles. The number of hydrogen-bond donors (Lipinski definition) is 3. The highest BCUT2D eigenvalue weighted by molar-refractivity contribution is 5.88. The van der Waals surface area contributed by atoms with Crippen LogP contribution >= 0.6 is 0 Å². The SMILES string of the molecule is CCN(C)C(=O)OCc1cccc2n[nH]c([C@@H](COCc3ccccc3)NC(=O)C(C)(C)N)c12. The molecule has 9 heteroatoms. The van der Waals surface area contributed by atoms with Crippen LogP contribution in [0.5, 0.6) is 0 Å². The molecule has 0 unspecified atom stereocenters. The first-order chi connectivity index (χ1) is 16.2. The van der Waals surface area contributed by atoms with Crippen molar-refractivity contribution in [2.45, 2.75) is 45.6 Å². The average molecular weight is 468 g/mol.